The summed E-state index contributed by atoms with van der Waals surface area (Å²) in [6.07, 6.45) is -0.914. The third kappa shape index (κ3) is 2.71. The van der Waals surface area contributed by atoms with Gasteiger partial charge in [0.2, 0.25) is 0 Å². The van der Waals surface area contributed by atoms with Gasteiger partial charge in [0, 0.05) is 11.2 Å². The summed E-state index contributed by atoms with van der Waals surface area (Å²) in [6, 6.07) is 0. The fourth-order valence-electron chi connectivity index (χ4n) is 0.583. The first-order valence-electron chi connectivity index (χ1n) is 3.23. The van der Waals surface area contributed by atoms with Crippen LogP contribution in [0, 0.1) is 5.41 Å². The van der Waals surface area contributed by atoms with Gasteiger partial charge in [-0.3, -0.25) is 4.79 Å². The van der Waals surface area contributed by atoms with Gasteiger partial charge in [0.15, 0.2) is 5.78 Å². The number of ketones is 1. The number of aliphatic hydroxyl groups is 1. The van der Waals surface area contributed by atoms with Gasteiger partial charge in [-0.25, -0.2) is 0 Å². The lowest BCUT2D eigenvalue weighted by atomic mass is 9.88. The van der Waals surface area contributed by atoms with E-state index in [4.69, 9.17) is 5.11 Å². The van der Waals surface area contributed by atoms with E-state index in [2.05, 4.69) is 12.6 Å². The summed E-state index contributed by atoms with van der Waals surface area (Å²) in [5.41, 5.74) is -0.456. The summed E-state index contributed by atoms with van der Waals surface area (Å²) in [5.74, 6) is 0.0540. The minimum atomic E-state index is -0.914. The molecule has 0 unspecified atom stereocenters. The number of rotatable bonds is 2. The van der Waals surface area contributed by atoms with E-state index >= 15 is 0 Å². The van der Waals surface area contributed by atoms with E-state index in [-0.39, 0.29) is 11.5 Å². The van der Waals surface area contributed by atoms with Crippen LogP contribution in [0.2, 0.25) is 0 Å². The summed E-state index contributed by atoms with van der Waals surface area (Å²) in [4.78, 5) is 11.1. The Labute approximate surface area is 67.0 Å². The second-order valence-corrected chi connectivity index (χ2v) is 3.68. The molecule has 0 aliphatic rings. The van der Waals surface area contributed by atoms with Crippen molar-refractivity contribution in [2.75, 3.05) is 5.75 Å². The Morgan fingerprint density at radius 1 is 1.60 bits per heavy atom. The molecule has 0 aromatic carbocycles. The fraction of sp³-hybridized carbons (Fsp3) is 0.857. The average molecular weight is 162 g/mol. The lowest BCUT2D eigenvalue weighted by Crippen LogP contribution is -2.33. The second kappa shape index (κ2) is 3.39. The lowest BCUT2D eigenvalue weighted by Gasteiger charge is -2.19. The lowest BCUT2D eigenvalue weighted by molar-refractivity contribution is -0.133. The highest BCUT2D eigenvalue weighted by Gasteiger charge is 2.26. The van der Waals surface area contributed by atoms with Gasteiger partial charge < -0.3 is 5.11 Å². The Morgan fingerprint density at radius 3 is 2.10 bits per heavy atom. The molecule has 0 radical (unpaired) electrons. The maximum absolute atomic E-state index is 11.1. The predicted octanol–water partition coefficient (Wildman–Crippen LogP) is 0.892. The number of hydrogen-bond donors (Lipinski definition) is 2. The highest BCUT2D eigenvalue weighted by molar-refractivity contribution is 7.80. The minimum Gasteiger partial charge on any atom is -0.384 e. The molecule has 0 amide bonds. The SMILES string of the molecule is CC(C)(C)C(=O)[C@H](O)CS. The summed E-state index contributed by atoms with van der Waals surface area (Å²) in [7, 11) is 0. The van der Waals surface area contributed by atoms with E-state index in [0.717, 1.165) is 0 Å². The topological polar surface area (TPSA) is 37.3 Å². The third-order valence-corrected chi connectivity index (χ3v) is 1.56. The maximum atomic E-state index is 11.1. The van der Waals surface area contributed by atoms with Crippen LogP contribution >= 0.6 is 12.6 Å². The molecule has 0 fully saturated rings. The first-order valence-corrected chi connectivity index (χ1v) is 3.86. The Balaban J connectivity index is 4.09. The summed E-state index contributed by atoms with van der Waals surface area (Å²) < 4.78 is 0. The molecule has 0 bridgehead atoms. The Morgan fingerprint density at radius 2 is 2.00 bits per heavy atom. The van der Waals surface area contributed by atoms with Gasteiger partial charge in [0.1, 0.15) is 6.10 Å². The highest BCUT2D eigenvalue weighted by atomic mass is 32.1. The number of thiol groups is 1. The van der Waals surface area contributed by atoms with Crippen molar-refractivity contribution >= 4 is 18.4 Å². The van der Waals surface area contributed by atoms with Crippen molar-refractivity contribution in [3.8, 4) is 0 Å². The van der Waals surface area contributed by atoms with Gasteiger partial charge in [-0.15, -0.1) is 0 Å². The van der Waals surface area contributed by atoms with E-state index < -0.39 is 11.5 Å². The van der Waals surface area contributed by atoms with Crippen LogP contribution in [0.25, 0.3) is 0 Å². The van der Waals surface area contributed by atoms with Crippen molar-refractivity contribution in [1.29, 1.82) is 0 Å². The Bertz CT molecular complexity index is 126. The van der Waals surface area contributed by atoms with Gasteiger partial charge >= 0.3 is 0 Å². The van der Waals surface area contributed by atoms with Crippen LogP contribution in [0.1, 0.15) is 20.8 Å². The van der Waals surface area contributed by atoms with E-state index in [0.29, 0.717) is 0 Å². The largest absolute Gasteiger partial charge is 0.384 e. The number of Topliss-reactive ketones (excluding diaryl/α,β-unsaturated/α-hetero) is 1. The molecule has 0 heterocycles. The van der Waals surface area contributed by atoms with Crippen molar-refractivity contribution in [1.82, 2.24) is 0 Å². The van der Waals surface area contributed by atoms with Gasteiger partial charge in [0.25, 0.3) is 0 Å². The van der Waals surface area contributed by atoms with Crippen LogP contribution < -0.4 is 0 Å². The van der Waals surface area contributed by atoms with Crippen molar-refractivity contribution in [2.24, 2.45) is 5.41 Å². The standard InChI is InChI=1S/C7H14O2S/c1-7(2,3)6(9)5(8)4-10/h5,8,10H,4H2,1-3H3/t5-/m1/s1. The molecule has 0 rings (SSSR count). The maximum Gasteiger partial charge on any atom is 0.167 e. The molecule has 0 spiro atoms. The molecule has 3 heteroatoms. The molecule has 0 aromatic heterocycles. The molecule has 10 heavy (non-hydrogen) atoms. The van der Waals surface area contributed by atoms with Crippen LogP contribution in [0.3, 0.4) is 0 Å². The van der Waals surface area contributed by atoms with Crippen LogP contribution in [-0.4, -0.2) is 22.7 Å². The zero-order chi connectivity index (χ0) is 8.36. The number of aliphatic hydroxyl groups excluding tert-OH is 1. The van der Waals surface area contributed by atoms with E-state index in [1.807, 2.05) is 0 Å². The number of carbonyl (C=O) groups excluding carboxylic acids is 1. The number of carbonyl (C=O) groups is 1. The Kier molecular flexibility index (Phi) is 3.39. The molecule has 60 valence electrons. The molecular formula is C7H14O2S. The summed E-state index contributed by atoms with van der Waals surface area (Å²) in [6.45, 7) is 5.34. The molecule has 0 aliphatic carbocycles. The van der Waals surface area contributed by atoms with Gasteiger partial charge in [-0.05, 0) is 0 Å². The monoisotopic (exact) mass is 162 g/mol. The van der Waals surface area contributed by atoms with E-state index in [1.54, 1.807) is 20.8 Å². The molecule has 1 N–H and O–H groups in total. The van der Waals surface area contributed by atoms with Crippen molar-refractivity contribution in [3.63, 3.8) is 0 Å². The smallest absolute Gasteiger partial charge is 0.167 e. The second-order valence-electron chi connectivity index (χ2n) is 3.31. The van der Waals surface area contributed by atoms with E-state index in [9.17, 15) is 4.79 Å². The fourth-order valence-corrected chi connectivity index (χ4v) is 0.749. The van der Waals surface area contributed by atoms with Gasteiger partial charge in [-0.1, -0.05) is 20.8 Å². The highest BCUT2D eigenvalue weighted by Crippen LogP contribution is 2.16. The van der Waals surface area contributed by atoms with Gasteiger partial charge in [0.05, 0.1) is 0 Å². The first kappa shape index (κ1) is 9.98. The summed E-state index contributed by atoms with van der Waals surface area (Å²) in [5, 5.41) is 9.04. The van der Waals surface area contributed by atoms with Crippen molar-refractivity contribution in [2.45, 2.75) is 26.9 Å². The van der Waals surface area contributed by atoms with Crippen molar-refractivity contribution < 1.29 is 9.90 Å². The molecule has 0 aliphatic heterocycles. The van der Waals surface area contributed by atoms with E-state index in [1.165, 1.54) is 0 Å². The summed E-state index contributed by atoms with van der Waals surface area (Å²) >= 11 is 3.82. The molecular weight excluding hydrogens is 148 g/mol. The molecule has 2 nitrogen and oxygen atoms in total. The first-order chi connectivity index (χ1) is 4.39. The van der Waals surface area contributed by atoms with Crippen LogP contribution in [0.4, 0.5) is 0 Å². The molecule has 0 saturated heterocycles. The third-order valence-electron chi connectivity index (χ3n) is 1.21. The quantitative estimate of drug-likeness (QED) is 0.592. The molecule has 0 saturated carbocycles. The number of hydrogen-bond acceptors (Lipinski definition) is 3. The Hall–Kier alpha value is -0.0200. The molecule has 0 aromatic rings. The van der Waals surface area contributed by atoms with Crippen LogP contribution in [0.5, 0.6) is 0 Å². The normalized spacial score (nSPS) is 14.9. The van der Waals surface area contributed by atoms with Crippen LogP contribution in [-0.2, 0) is 4.79 Å². The van der Waals surface area contributed by atoms with Crippen molar-refractivity contribution in [3.05, 3.63) is 0 Å². The zero-order valence-electron chi connectivity index (χ0n) is 6.59. The zero-order valence-corrected chi connectivity index (χ0v) is 7.48. The molecule has 1 atom stereocenters. The van der Waals surface area contributed by atoms with Crippen LogP contribution in [0.15, 0.2) is 0 Å². The predicted molar refractivity (Wildman–Crippen MR) is 44.3 cm³/mol. The van der Waals surface area contributed by atoms with Gasteiger partial charge in [-0.2, -0.15) is 12.6 Å². The minimum absolute atomic E-state index is 0.150. The average Bonchev–Trinajstić information content (AvgIpc) is 1.83.